The number of carbonyl (C=O) groups excluding carboxylic acids is 1. The maximum absolute atomic E-state index is 11.3. The van der Waals surface area contributed by atoms with Crippen LogP contribution < -0.4 is 15.4 Å². The summed E-state index contributed by atoms with van der Waals surface area (Å²) in [6, 6.07) is 6.05. The van der Waals surface area contributed by atoms with Crippen LogP contribution in [0.2, 0.25) is 0 Å². The van der Waals surface area contributed by atoms with Crippen molar-refractivity contribution >= 4 is 11.6 Å². The van der Waals surface area contributed by atoms with E-state index < -0.39 is 0 Å². The van der Waals surface area contributed by atoms with E-state index in [1.807, 2.05) is 25.1 Å². The van der Waals surface area contributed by atoms with Crippen LogP contribution in [-0.2, 0) is 4.79 Å². The minimum atomic E-state index is -0.109. The average molecular weight is 246 g/mol. The molecular formula is C14H18N2O2. The number of rotatable bonds is 4. The van der Waals surface area contributed by atoms with Gasteiger partial charge in [0.2, 0.25) is 0 Å². The second-order valence-corrected chi connectivity index (χ2v) is 4.65. The molecule has 1 amide bonds. The zero-order valence-electron chi connectivity index (χ0n) is 10.7. The molecule has 1 aliphatic heterocycles. The molecule has 0 bridgehead atoms. The lowest BCUT2D eigenvalue weighted by Gasteiger charge is -2.21. The first-order chi connectivity index (χ1) is 8.56. The monoisotopic (exact) mass is 246 g/mol. The maximum atomic E-state index is 11.3. The number of carbonyl (C=O) groups is 1. The molecule has 1 atom stereocenters. The zero-order valence-corrected chi connectivity index (χ0v) is 10.7. The standard InChI is InChI=1S/C14H18N2O2/c1-9(2)7-15-10(3)11-4-5-13-12(6-11)16-14(17)8-18-13/h4-6,10,15H,1,7-8H2,2-3H3,(H,16,17). The van der Waals surface area contributed by atoms with Crippen LogP contribution >= 0.6 is 0 Å². The van der Waals surface area contributed by atoms with Crippen LogP contribution in [0.3, 0.4) is 0 Å². The Labute approximate surface area is 107 Å². The van der Waals surface area contributed by atoms with Gasteiger partial charge in [-0.2, -0.15) is 0 Å². The highest BCUT2D eigenvalue weighted by molar-refractivity contribution is 5.95. The van der Waals surface area contributed by atoms with Gasteiger partial charge in [0.05, 0.1) is 5.69 Å². The molecule has 0 aliphatic carbocycles. The fourth-order valence-corrected chi connectivity index (χ4v) is 1.82. The number of hydrogen-bond acceptors (Lipinski definition) is 3. The van der Waals surface area contributed by atoms with Crippen molar-refractivity contribution in [2.75, 3.05) is 18.5 Å². The van der Waals surface area contributed by atoms with Crippen molar-refractivity contribution in [2.45, 2.75) is 19.9 Å². The van der Waals surface area contributed by atoms with E-state index in [1.54, 1.807) is 0 Å². The number of nitrogens with one attached hydrogen (secondary N) is 2. The number of ether oxygens (including phenoxy) is 1. The SMILES string of the molecule is C=C(C)CNC(C)c1ccc2c(c1)NC(=O)CO2. The highest BCUT2D eigenvalue weighted by Crippen LogP contribution is 2.30. The van der Waals surface area contributed by atoms with E-state index in [1.165, 1.54) is 0 Å². The number of fused-ring (bicyclic) bond motifs is 1. The number of benzene rings is 1. The van der Waals surface area contributed by atoms with Crippen molar-refractivity contribution in [2.24, 2.45) is 0 Å². The first-order valence-electron chi connectivity index (χ1n) is 6.00. The van der Waals surface area contributed by atoms with Crippen molar-refractivity contribution in [1.29, 1.82) is 0 Å². The van der Waals surface area contributed by atoms with Gasteiger partial charge >= 0.3 is 0 Å². The lowest BCUT2D eigenvalue weighted by molar-refractivity contribution is -0.118. The molecule has 1 aromatic carbocycles. The fourth-order valence-electron chi connectivity index (χ4n) is 1.82. The second kappa shape index (κ2) is 5.23. The van der Waals surface area contributed by atoms with Crippen LogP contribution in [0, 0.1) is 0 Å². The van der Waals surface area contributed by atoms with Crippen LogP contribution in [0.1, 0.15) is 25.5 Å². The van der Waals surface area contributed by atoms with Crippen molar-refractivity contribution in [1.82, 2.24) is 5.32 Å². The van der Waals surface area contributed by atoms with E-state index >= 15 is 0 Å². The van der Waals surface area contributed by atoms with Gasteiger partial charge in [-0.05, 0) is 31.5 Å². The molecule has 0 saturated heterocycles. The topological polar surface area (TPSA) is 50.4 Å². The summed E-state index contributed by atoms with van der Waals surface area (Å²) >= 11 is 0. The average Bonchev–Trinajstić information content (AvgIpc) is 2.34. The molecule has 18 heavy (non-hydrogen) atoms. The molecule has 96 valence electrons. The zero-order chi connectivity index (χ0) is 13.1. The van der Waals surface area contributed by atoms with Crippen LogP contribution in [0.4, 0.5) is 5.69 Å². The molecular weight excluding hydrogens is 228 g/mol. The Morgan fingerprint density at radius 1 is 1.61 bits per heavy atom. The summed E-state index contributed by atoms with van der Waals surface area (Å²) in [4.78, 5) is 11.3. The van der Waals surface area contributed by atoms with Gasteiger partial charge in [0.15, 0.2) is 6.61 Å². The molecule has 1 heterocycles. The third kappa shape index (κ3) is 2.90. The fraction of sp³-hybridized carbons (Fsp3) is 0.357. The summed E-state index contributed by atoms with van der Waals surface area (Å²) in [6.45, 7) is 8.80. The summed E-state index contributed by atoms with van der Waals surface area (Å²) < 4.78 is 5.32. The first-order valence-corrected chi connectivity index (χ1v) is 6.00. The Bertz CT molecular complexity index is 483. The molecule has 1 aliphatic rings. The lowest BCUT2D eigenvalue weighted by atomic mass is 10.1. The highest BCUT2D eigenvalue weighted by Gasteiger charge is 2.17. The maximum Gasteiger partial charge on any atom is 0.262 e. The molecule has 0 radical (unpaired) electrons. The summed E-state index contributed by atoms with van der Waals surface area (Å²) in [5, 5.41) is 6.17. The second-order valence-electron chi connectivity index (χ2n) is 4.65. The highest BCUT2D eigenvalue weighted by atomic mass is 16.5. The Balaban J connectivity index is 2.12. The first kappa shape index (κ1) is 12.6. The molecule has 0 saturated carbocycles. The predicted octanol–water partition coefficient (Wildman–Crippen LogP) is 2.24. The largest absolute Gasteiger partial charge is 0.482 e. The summed E-state index contributed by atoms with van der Waals surface area (Å²) in [7, 11) is 0. The summed E-state index contributed by atoms with van der Waals surface area (Å²) in [5.41, 5.74) is 2.95. The van der Waals surface area contributed by atoms with E-state index in [2.05, 4.69) is 24.1 Å². The minimum Gasteiger partial charge on any atom is -0.482 e. The van der Waals surface area contributed by atoms with E-state index in [0.717, 1.165) is 29.1 Å². The number of hydrogen-bond donors (Lipinski definition) is 2. The van der Waals surface area contributed by atoms with Crippen LogP contribution in [0.25, 0.3) is 0 Å². The normalized spacial score (nSPS) is 15.3. The molecule has 2 N–H and O–H groups in total. The predicted molar refractivity (Wildman–Crippen MR) is 71.8 cm³/mol. The minimum absolute atomic E-state index is 0.0931. The quantitative estimate of drug-likeness (QED) is 0.801. The van der Waals surface area contributed by atoms with Gasteiger partial charge in [-0.3, -0.25) is 4.79 Å². The van der Waals surface area contributed by atoms with E-state index in [4.69, 9.17) is 4.74 Å². The van der Waals surface area contributed by atoms with E-state index in [-0.39, 0.29) is 18.6 Å². The molecule has 1 unspecified atom stereocenters. The third-order valence-electron chi connectivity index (χ3n) is 2.85. The van der Waals surface area contributed by atoms with E-state index in [0.29, 0.717) is 0 Å². The van der Waals surface area contributed by atoms with Gasteiger partial charge in [0, 0.05) is 12.6 Å². The van der Waals surface area contributed by atoms with Crippen LogP contribution in [-0.4, -0.2) is 19.1 Å². The molecule has 4 heteroatoms. The van der Waals surface area contributed by atoms with Gasteiger partial charge in [-0.15, -0.1) is 0 Å². The summed E-state index contributed by atoms with van der Waals surface area (Å²) in [5.74, 6) is 0.618. The van der Waals surface area contributed by atoms with Crippen LogP contribution in [0.15, 0.2) is 30.4 Å². The third-order valence-corrected chi connectivity index (χ3v) is 2.85. The Morgan fingerprint density at radius 3 is 3.11 bits per heavy atom. The lowest BCUT2D eigenvalue weighted by Crippen LogP contribution is -2.26. The number of amides is 1. The van der Waals surface area contributed by atoms with Crippen molar-refractivity contribution in [3.63, 3.8) is 0 Å². The Kier molecular flexibility index (Phi) is 3.67. The van der Waals surface area contributed by atoms with Crippen molar-refractivity contribution < 1.29 is 9.53 Å². The smallest absolute Gasteiger partial charge is 0.262 e. The van der Waals surface area contributed by atoms with Gasteiger partial charge in [-0.1, -0.05) is 18.2 Å². The van der Waals surface area contributed by atoms with Crippen molar-refractivity contribution in [3.8, 4) is 5.75 Å². The van der Waals surface area contributed by atoms with Gasteiger partial charge in [0.25, 0.3) is 5.91 Å². The molecule has 2 rings (SSSR count). The van der Waals surface area contributed by atoms with E-state index in [9.17, 15) is 4.79 Å². The molecule has 0 aromatic heterocycles. The van der Waals surface area contributed by atoms with Gasteiger partial charge < -0.3 is 15.4 Å². The Morgan fingerprint density at radius 2 is 2.39 bits per heavy atom. The van der Waals surface area contributed by atoms with Crippen LogP contribution in [0.5, 0.6) is 5.75 Å². The number of anilines is 1. The molecule has 0 fully saturated rings. The van der Waals surface area contributed by atoms with Gasteiger partial charge in [-0.25, -0.2) is 0 Å². The molecule has 0 spiro atoms. The van der Waals surface area contributed by atoms with Crippen molar-refractivity contribution in [3.05, 3.63) is 35.9 Å². The molecule has 1 aromatic rings. The Hall–Kier alpha value is -1.81. The van der Waals surface area contributed by atoms with Gasteiger partial charge in [0.1, 0.15) is 5.75 Å². The summed E-state index contributed by atoms with van der Waals surface area (Å²) in [6.07, 6.45) is 0. The molecule has 4 nitrogen and oxygen atoms in total.